The third kappa shape index (κ3) is 3.76. The minimum absolute atomic E-state index is 0.230. The number of aromatic hydroxyl groups is 1. The predicted octanol–water partition coefficient (Wildman–Crippen LogP) is 2.50. The van der Waals surface area contributed by atoms with Crippen LogP contribution in [0.15, 0.2) is 48.5 Å². The molecule has 0 aromatic heterocycles. The number of nitrogens with one attached hydrogen (secondary N) is 1. The van der Waals surface area contributed by atoms with Crippen LogP contribution in [0.4, 0.5) is 5.69 Å². The SMILES string of the molecule is CC(Oc1ccccc1)C(=O)Nc1ccc(C(=O)O)c(O)c1. The minimum Gasteiger partial charge on any atom is -0.507 e. The Kier molecular flexibility index (Phi) is 4.63. The number of carboxylic acid groups (broad SMARTS) is 1. The summed E-state index contributed by atoms with van der Waals surface area (Å²) >= 11 is 0. The largest absolute Gasteiger partial charge is 0.507 e. The average Bonchev–Trinajstić information content (AvgIpc) is 2.47. The molecule has 1 unspecified atom stereocenters. The summed E-state index contributed by atoms with van der Waals surface area (Å²) in [5.74, 6) is -1.50. The van der Waals surface area contributed by atoms with E-state index in [0.717, 1.165) is 0 Å². The molecule has 1 amide bonds. The quantitative estimate of drug-likeness (QED) is 0.788. The molecule has 0 aliphatic rings. The van der Waals surface area contributed by atoms with Crippen molar-refractivity contribution < 1.29 is 24.5 Å². The summed E-state index contributed by atoms with van der Waals surface area (Å²) in [6, 6.07) is 12.7. The maximum Gasteiger partial charge on any atom is 0.339 e. The van der Waals surface area contributed by atoms with Crippen LogP contribution in [0, 0.1) is 0 Å². The molecule has 6 heteroatoms. The summed E-state index contributed by atoms with van der Waals surface area (Å²) < 4.78 is 5.47. The third-order valence-corrected chi connectivity index (χ3v) is 2.92. The number of carbonyl (C=O) groups excluding carboxylic acids is 1. The first kappa shape index (κ1) is 15.4. The Morgan fingerprint density at radius 2 is 1.82 bits per heavy atom. The van der Waals surface area contributed by atoms with E-state index in [2.05, 4.69) is 5.32 Å². The molecule has 0 radical (unpaired) electrons. The van der Waals surface area contributed by atoms with Crippen molar-refractivity contribution in [3.05, 3.63) is 54.1 Å². The molecule has 2 rings (SSSR count). The number of hydrogen-bond donors (Lipinski definition) is 3. The van der Waals surface area contributed by atoms with Gasteiger partial charge in [-0.3, -0.25) is 4.79 Å². The normalized spacial score (nSPS) is 11.5. The van der Waals surface area contributed by atoms with Gasteiger partial charge >= 0.3 is 5.97 Å². The number of anilines is 1. The van der Waals surface area contributed by atoms with Gasteiger partial charge in [-0.2, -0.15) is 0 Å². The van der Waals surface area contributed by atoms with E-state index in [-0.39, 0.29) is 11.3 Å². The Balaban J connectivity index is 2.02. The lowest BCUT2D eigenvalue weighted by Crippen LogP contribution is -2.30. The first-order valence-corrected chi connectivity index (χ1v) is 6.56. The fourth-order valence-corrected chi connectivity index (χ4v) is 1.79. The van der Waals surface area contributed by atoms with Gasteiger partial charge in [0.05, 0.1) is 0 Å². The highest BCUT2D eigenvalue weighted by Gasteiger charge is 2.16. The fraction of sp³-hybridized carbons (Fsp3) is 0.125. The third-order valence-electron chi connectivity index (χ3n) is 2.92. The lowest BCUT2D eigenvalue weighted by Gasteiger charge is -2.15. The van der Waals surface area contributed by atoms with Crippen LogP contribution >= 0.6 is 0 Å². The van der Waals surface area contributed by atoms with E-state index in [0.29, 0.717) is 5.75 Å². The monoisotopic (exact) mass is 301 g/mol. The Labute approximate surface area is 127 Å². The van der Waals surface area contributed by atoms with Gasteiger partial charge < -0.3 is 20.3 Å². The van der Waals surface area contributed by atoms with Crippen molar-refractivity contribution in [2.75, 3.05) is 5.32 Å². The van der Waals surface area contributed by atoms with E-state index < -0.39 is 23.7 Å². The highest BCUT2D eigenvalue weighted by Crippen LogP contribution is 2.22. The maximum atomic E-state index is 12.0. The van der Waals surface area contributed by atoms with Crippen molar-refractivity contribution in [3.8, 4) is 11.5 Å². The maximum absolute atomic E-state index is 12.0. The van der Waals surface area contributed by atoms with Gasteiger partial charge in [0.1, 0.15) is 17.1 Å². The van der Waals surface area contributed by atoms with Crippen LogP contribution in [0.3, 0.4) is 0 Å². The number of phenols is 1. The van der Waals surface area contributed by atoms with Gasteiger partial charge in [0.25, 0.3) is 5.91 Å². The second kappa shape index (κ2) is 6.62. The summed E-state index contributed by atoms with van der Waals surface area (Å²) in [4.78, 5) is 22.8. The Bertz CT molecular complexity index is 684. The summed E-state index contributed by atoms with van der Waals surface area (Å²) in [6.07, 6.45) is -0.747. The van der Waals surface area contributed by atoms with E-state index in [1.54, 1.807) is 31.2 Å². The summed E-state index contributed by atoms with van der Waals surface area (Å²) in [6.45, 7) is 1.59. The topological polar surface area (TPSA) is 95.9 Å². The van der Waals surface area contributed by atoms with Gasteiger partial charge in [0.2, 0.25) is 0 Å². The van der Waals surface area contributed by atoms with Crippen LogP contribution in [-0.2, 0) is 4.79 Å². The van der Waals surface area contributed by atoms with E-state index in [9.17, 15) is 14.7 Å². The zero-order chi connectivity index (χ0) is 16.1. The van der Waals surface area contributed by atoms with Crippen molar-refractivity contribution in [3.63, 3.8) is 0 Å². The number of para-hydroxylation sites is 1. The number of rotatable bonds is 5. The van der Waals surface area contributed by atoms with Gasteiger partial charge in [-0.05, 0) is 31.2 Å². The molecule has 0 spiro atoms. The molecule has 2 aromatic carbocycles. The van der Waals surface area contributed by atoms with Crippen LogP contribution in [-0.4, -0.2) is 28.2 Å². The van der Waals surface area contributed by atoms with Crippen LogP contribution < -0.4 is 10.1 Å². The molecule has 0 aliphatic carbocycles. The van der Waals surface area contributed by atoms with Crippen LogP contribution in [0.25, 0.3) is 0 Å². The summed E-state index contributed by atoms with van der Waals surface area (Å²) in [5.41, 5.74) is 0.0580. The fourth-order valence-electron chi connectivity index (χ4n) is 1.79. The van der Waals surface area contributed by atoms with Crippen molar-refractivity contribution in [1.29, 1.82) is 0 Å². The van der Waals surface area contributed by atoms with E-state index in [4.69, 9.17) is 9.84 Å². The average molecular weight is 301 g/mol. The molecule has 1 atom stereocenters. The minimum atomic E-state index is -1.24. The molecule has 3 N–H and O–H groups in total. The first-order chi connectivity index (χ1) is 10.5. The van der Waals surface area contributed by atoms with Crippen LogP contribution in [0.2, 0.25) is 0 Å². The molecular formula is C16H15NO5. The number of ether oxygens (including phenoxy) is 1. The molecule has 0 saturated carbocycles. The van der Waals surface area contributed by atoms with Crippen LogP contribution in [0.5, 0.6) is 11.5 Å². The predicted molar refractivity (Wildman–Crippen MR) is 80.2 cm³/mol. The zero-order valence-electron chi connectivity index (χ0n) is 11.8. The summed E-state index contributed by atoms with van der Waals surface area (Å²) in [5, 5.41) is 21.0. The molecule has 114 valence electrons. The zero-order valence-corrected chi connectivity index (χ0v) is 11.8. The van der Waals surface area contributed by atoms with E-state index >= 15 is 0 Å². The lowest BCUT2D eigenvalue weighted by molar-refractivity contribution is -0.122. The number of carbonyl (C=O) groups is 2. The number of aromatic carboxylic acids is 1. The Hall–Kier alpha value is -3.02. The first-order valence-electron chi connectivity index (χ1n) is 6.56. The van der Waals surface area contributed by atoms with Crippen molar-refractivity contribution in [2.45, 2.75) is 13.0 Å². The van der Waals surface area contributed by atoms with Gasteiger partial charge in [-0.1, -0.05) is 18.2 Å². The van der Waals surface area contributed by atoms with Gasteiger partial charge in [0, 0.05) is 11.8 Å². The molecule has 0 heterocycles. The molecule has 0 fully saturated rings. The summed E-state index contributed by atoms with van der Waals surface area (Å²) in [7, 11) is 0. The standard InChI is InChI=1S/C16H15NO5/c1-10(22-12-5-3-2-4-6-12)15(19)17-11-7-8-13(16(20)21)14(18)9-11/h2-10,18H,1H3,(H,17,19)(H,20,21). The van der Waals surface area contributed by atoms with Crippen LogP contribution in [0.1, 0.15) is 17.3 Å². The second-order valence-electron chi connectivity index (χ2n) is 4.60. The van der Waals surface area contributed by atoms with Gasteiger partial charge in [-0.25, -0.2) is 4.79 Å². The smallest absolute Gasteiger partial charge is 0.339 e. The lowest BCUT2D eigenvalue weighted by atomic mass is 10.2. The molecular weight excluding hydrogens is 286 g/mol. The molecule has 0 bridgehead atoms. The molecule has 0 aliphatic heterocycles. The highest BCUT2D eigenvalue weighted by atomic mass is 16.5. The number of benzene rings is 2. The van der Waals surface area contributed by atoms with E-state index in [1.165, 1.54) is 18.2 Å². The molecule has 0 saturated heterocycles. The van der Waals surface area contributed by atoms with Crippen molar-refractivity contribution in [2.24, 2.45) is 0 Å². The molecule has 2 aromatic rings. The van der Waals surface area contributed by atoms with Crippen molar-refractivity contribution >= 4 is 17.6 Å². The number of carboxylic acids is 1. The van der Waals surface area contributed by atoms with Crippen molar-refractivity contribution in [1.82, 2.24) is 0 Å². The van der Waals surface area contributed by atoms with Gasteiger partial charge in [0.15, 0.2) is 6.10 Å². The Morgan fingerprint density at radius 1 is 1.14 bits per heavy atom. The Morgan fingerprint density at radius 3 is 2.41 bits per heavy atom. The second-order valence-corrected chi connectivity index (χ2v) is 4.60. The number of amides is 1. The molecule has 6 nitrogen and oxygen atoms in total. The highest BCUT2D eigenvalue weighted by molar-refractivity contribution is 5.96. The van der Waals surface area contributed by atoms with Gasteiger partial charge in [-0.15, -0.1) is 0 Å². The molecule has 22 heavy (non-hydrogen) atoms. The number of hydrogen-bond acceptors (Lipinski definition) is 4. The van der Waals surface area contributed by atoms with E-state index in [1.807, 2.05) is 6.07 Å².